The van der Waals surface area contributed by atoms with Gasteiger partial charge in [-0.2, -0.15) is 5.10 Å². The highest BCUT2D eigenvalue weighted by Crippen LogP contribution is 2.28. The van der Waals surface area contributed by atoms with E-state index in [1.165, 1.54) is 6.34 Å². The third-order valence-corrected chi connectivity index (χ3v) is 2.43. The summed E-state index contributed by atoms with van der Waals surface area (Å²) in [6.07, 6.45) is 1.72. The molecule has 1 heterocycles. The Kier molecular flexibility index (Phi) is 3.40. The van der Waals surface area contributed by atoms with Crippen LogP contribution in [0.1, 0.15) is 41.0 Å². The quantitative estimate of drug-likeness (QED) is 0.547. The topological polar surface area (TPSA) is 62.0 Å². The van der Waals surface area contributed by atoms with Crippen molar-refractivity contribution in [1.29, 1.82) is 0 Å². The summed E-state index contributed by atoms with van der Waals surface area (Å²) in [7, 11) is 0. The molecule has 6 nitrogen and oxygen atoms in total. The van der Waals surface area contributed by atoms with Gasteiger partial charge >= 0.3 is 0 Å². The second-order valence-corrected chi connectivity index (χ2v) is 5.57. The third-order valence-electron chi connectivity index (χ3n) is 2.43. The van der Waals surface area contributed by atoms with Gasteiger partial charge in [-0.05, 0) is 25.7 Å². The molecule has 0 aromatic carbocycles. The molecule has 0 radical (unpaired) electrons. The lowest BCUT2D eigenvalue weighted by Gasteiger charge is -2.32. The summed E-state index contributed by atoms with van der Waals surface area (Å²) >= 11 is 0. The van der Waals surface area contributed by atoms with Gasteiger partial charge in [0.05, 0.1) is 0 Å². The fourth-order valence-electron chi connectivity index (χ4n) is 1.75. The molecule has 0 fully saturated rings. The largest absolute Gasteiger partial charge is 0.264 e. The molecule has 0 aliphatic carbocycles. The maximum absolute atomic E-state index is 10.9. The number of hydrogen-bond donors (Lipinski definition) is 0. The molecule has 0 saturated carbocycles. The minimum Gasteiger partial charge on any atom is -0.264 e. The molecule has 1 atom stereocenters. The third kappa shape index (κ3) is 2.84. The van der Waals surface area contributed by atoms with Gasteiger partial charge in [0, 0.05) is 6.04 Å². The minimum atomic E-state index is -0.401. The lowest BCUT2D eigenvalue weighted by Crippen LogP contribution is -2.47. The lowest BCUT2D eigenvalue weighted by molar-refractivity contribution is -0.639. The van der Waals surface area contributed by atoms with Crippen molar-refractivity contribution in [3.63, 3.8) is 0 Å². The van der Waals surface area contributed by atoms with Crippen molar-refractivity contribution >= 4 is 6.34 Å². The zero-order valence-corrected chi connectivity index (χ0v) is 10.5. The van der Waals surface area contributed by atoms with Crippen LogP contribution in [-0.4, -0.2) is 33.6 Å². The normalized spacial score (nSPS) is 21.0. The Hall–Kier alpha value is -1.33. The average Bonchev–Trinajstić information content (AvgIpc) is 2.44. The zero-order chi connectivity index (χ0) is 12.5. The van der Waals surface area contributed by atoms with E-state index in [0.717, 1.165) is 5.01 Å². The molecule has 0 aromatic rings. The molecule has 1 rings (SSSR count). The van der Waals surface area contributed by atoms with E-state index >= 15 is 0 Å². The Bertz CT molecular complexity index is 296. The van der Waals surface area contributed by atoms with E-state index in [4.69, 9.17) is 0 Å². The minimum absolute atomic E-state index is 0.0275. The van der Waals surface area contributed by atoms with Gasteiger partial charge in [0.1, 0.15) is 0 Å². The fourth-order valence-corrected chi connectivity index (χ4v) is 1.75. The van der Waals surface area contributed by atoms with E-state index in [9.17, 15) is 10.1 Å². The van der Waals surface area contributed by atoms with Crippen molar-refractivity contribution in [2.75, 3.05) is 0 Å². The lowest BCUT2D eigenvalue weighted by atomic mass is 9.90. The molecule has 0 spiro atoms. The van der Waals surface area contributed by atoms with E-state index in [2.05, 4.69) is 25.9 Å². The summed E-state index contributed by atoms with van der Waals surface area (Å²) in [4.78, 5) is 10.9. The molecular formula is C10H20N4O2. The smallest absolute Gasteiger partial charge is 0.183 e. The van der Waals surface area contributed by atoms with Gasteiger partial charge in [0.2, 0.25) is 0 Å². The van der Waals surface area contributed by atoms with Gasteiger partial charge in [-0.3, -0.25) is 5.01 Å². The molecule has 0 N–H and O–H groups in total. The first-order chi connectivity index (χ1) is 7.22. The summed E-state index contributed by atoms with van der Waals surface area (Å²) in [6.45, 7) is 10.2. The number of hydrogen-bond acceptors (Lipinski definition) is 4. The van der Waals surface area contributed by atoms with E-state index in [0.29, 0.717) is 6.42 Å². The van der Waals surface area contributed by atoms with Crippen LogP contribution < -0.4 is 0 Å². The Morgan fingerprint density at radius 3 is 2.44 bits per heavy atom. The Balaban J connectivity index is 2.84. The first kappa shape index (κ1) is 12.7. The van der Waals surface area contributed by atoms with Crippen LogP contribution in [-0.2, 0) is 0 Å². The molecule has 0 aromatic heterocycles. The first-order valence-corrected chi connectivity index (χ1v) is 5.47. The van der Waals surface area contributed by atoms with Crippen LogP contribution in [0, 0.1) is 15.5 Å². The molecule has 16 heavy (non-hydrogen) atoms. The summed E-state index contributed by atoms with van der Waals surface area (Å²) in [5, 5.41) is 17.4. The van der Waals surface area contributed by atoms with E-state index in [1.54, 1.807) is 5.01 Å². The second kappa shape index (κ2) is 4.27. The van der Waals surface area contributed by atoms with Gasteiger partial charge in [-0.25, -0.2) is 10.1 Å². The molecule has 1 aliphatic heterocycles. The molecule has 0 saturated heterocycles. The van der Waals surface area contributed by atoms with Gasteiger partial charge in [0.25, 0.3) is 0 Å². The van der Waals surface area contributed by atoms with Crippen LogP contribution in [0.2, 0.25) is 0 Å². The summed E-state index contributed by atoms with van der Waals surface area (Å²) in [5.74, 6) is 0. The molecule has 1 aliphatic rings. The van der Waals surface area contributed by atoms with Gasteiger partial charge < -0.3 is 0 Å². The molecule has 1 unspecified atom stereocenters. The molecule has 6 heteroatoms. The summed E-state index contributed by atoms with van der Waals surface area (Å²) in [5.41, 5.74) is 0.0275. The van der Waals surface area contributed by atoms with E-state index in [-0.39, 0.29) is 17.6 Å². The Morgan fingerprint density at radius 2 is 2.06 bits per heavy atom. The Morgan fingerprint density at radius 1 is 1.50 bits per heavy atom. The van der Waals surface area contributed by atoms with Crippen molar-refractivity contribution in [3.05, 3.63) is 10.1 Å². The van der Waals surface area contributed by atoms with Gasteiger partial charge in [0.15, 0.2) is 17.5 Å². The maximum atomic E-state index is 10.9. The highest BCUT2D eigenvalue weighted by Gasteiger charge is 2.39. The Labute approximate surface area is 96.0 Å². The molecule has 0 bridgehead atoms. The molecule has 92 valence electrons. The highest BCUT2D eigenvalue weighted by molar-refractivity contribution is 5.55. The standard InChI is InChI=1S/C10H20N4O2/c1-8(2)13-9(6-10(3,4)5)12(7-11-13)14(15)16/h7-9H,6H2,1-5H3. The predicted molar refractivity (Wildman–Crippen MR) is 62.2 cm³/mol. The number of rotatable bonds is 3. The number of hydrazone groups is 1. The van der Waals surface area contributed by atoms with Crippen LogP contribution in [0.3, 0.4) is 0 Å². The van der Waals surface area contributed by atoms with Crippen molar-refractivity contribution in [3.8, 4) is 0 Å². The van der Waals surface area contributed by atoms with Crippen LogP contribution in [0.15, 0.2) is 5.10 Å². The van der Waals surface area contributed by atoms with Gasteiger partial charge in [-0.1, -0.05) is 25.8 Å². The average molecular weight is 228 g/mol. The first-order valence-electron chi connectivity index (χ1n) is 5.47. The van der Waals surface area contributed by atoms with Crippen LogP contribution in [0.4, 0.5) is 0 Å². The maximum Gasteiger partial charge on any atom is 0.183 e. The van der Waals surface area contributed by atoms with E-state index < -0.39 is 5.03 Å². The van der Waals surface area contributed by atoms with Crippen LogP contribution in [0.5, 0.6) is 0 Å². The zero-order valence-electron chi connectivity index (χ0n) is 10.5. The number of hydrazine groups is 1. The van der Waals surface area contributed by atoms with Crippen molar-refractivity contribution in [2.24, 2.45) is 10.5 Å². The fraction of sp³-hybridized carbons (Fsp3) is 0.900. The van der Waals surface area contributed by atoms with Crippen molar-refractivity contribution in [2.45, 2.75) is 53.2 Å². The molecule has 0 amide bonds. The van der Waals surface area contributed by atoms with E-state index in [1.807, 2.05) is 13.8 Å². The van der Waals surface area contributed by atoms with Crippen molar-refractivity contribution in [1.82, 2.24) is 10.0 Å². The number of nitro groups is 1. The number of nitrogens with zero attached hydrogens (tertiary/aromatic N) is 4. The summed E-state index contributed by atoms with van der Waals surface area (Å²) < 4.78 is 0. The second-order valence-electron chi connectivity index (χ2n) is 5.57. The highest BCUT2D eigenvalue weighted by atomic mass is 16.7. The predicted octanol–water partition coefficient (Wildman–Crippen LogP) is 1.91. The monoisotopic (exact) mass is 228 g/mol. The van der Waals surface area contributed by atoms with Crippen molar-refractivity contribution < 1.29 is 5.03 Å². The summed E-state index contributed by atoms with van der Waals surface area (Å²) in [6, 6.07) is 0.161. The molecular weight excluding hydrogens is 208 g/mol. The van der Waals surface area contributed by atoms with Gasteiger partial charge in [-0.15, -0.1) is 0 Å². The van der Waals surface area contributed by atoms with Crippen LogP contribution in [0.25, 0.3) is 0 Å². The van der Waals surface area contributed by atoms with Crippen LogP contribution >= 0.6 is 0 Å². The SMILES string of the molecule is CC(C)N1N=CN([N+](=O)[O-])C1CC(C)(C)C.